The molecular formula is C20H22Cl2N6O2. The molecule has 0 spiro atoms. The van der Waals surface area contributed by atoms with Crippen molar-refractivity contribution < 1.29 is 4.52 Å². The zero-order chi connectivity index (χ0) is 21.1. The molecule has 10 heteroatoms. The molecule has 1 aromatic carbocycles. The topological polar surface area (TPSA) is 103 Å². The lowest BCUT2D eigenvalue weighted by Crippen LogP contribution is -2.37. The van der Waals surface area contributed by atoms with E-state index >= 15 is 0 Å². The first kappa shape index (κ1) is 20.8. The van der Waals surface area contributed by atoms with Crippen molar-refractivity contribution in [2.24, 2.45) is 5.73 Å². The van der Waals surface area contributed by atoms with Crippen LogP contribution in [0, 0.1) is 0 Å². The number of benzene rings is 1. The zero-order valence-electron chi connectivity index (χ0n) is 16.3. The molecule has 158 valence electrons. The Balaban J connectivity index is 1.44. The molecule has 30 heavy (non-hydrogen) atoms. The first-order chi connectivity index (χ1) is 14.5. The molecule has 3 aromatic rings. The molecule has 3 heterocycles. The fourth-order valence-corrected chi connectivity index (χ4v) is 4.04. The highest BCUT2D eigenvalue weighted by Crippen LogP contribution is 2.28. The van der Waals surface area contributed by atoms with Crippen molar-refractivity contribution in [1.29, 1.82) is 0 Å². The summed E-state index contributed by atoms with van der Waals surface area (Å²) in [6.07, 6.45) is 4.98. The van der Waals surface area contributed by atoms with Crippen molar-refractivity contribution in [3.8, 4) is 0 Å². The monoisotopic (exact) mass is 448 g/mol. The molecule has 0 radical (unpaired) electrons. The molecule has 1 aliphatic rings. The third kappa shape index (κ3) is 4.50. The van der Waals surface area contributed by atoms with Crippen LogP contribution in [0.2, 0.25) is 10.0 Å². The van der Waals surface area contributed by atoms with Crippen molar-refractivity contribution in [3.63, 3.8) is 0 Å². The van der Waals surface area contributed by atoms with Crippen LogP contribution in [-0.4, -0.2) is 39.1 Å². The third-order valence-electron chi connectivity index (χ3n) is 5.27. The molecule has 1 atom stereocenters. The maximum Gasteiger partial charge on any atom is 0.288 e. The van der Waals surface area contributed by atoms with Crippen LogP contribution >= 0.6 is 23.2 Å². The van der Waals surface area contributed by atoms with Gasteiger partial charge in [0.25, 0.3) is 5.56 Å². The summed E-state index contributed by atoms with van der Waals surface area (Å²) in [6, 6.07) is 7.81. The zero-order valence-corrected chi connectivity index (χ0v) is 17.8. The number of nitrogens with zero attached hydrogens (tertiary/aromatic N) is 5. The maximum atomic E-state index is 12.7. The van der Waals surface area contributed by atoms with E-state index in [1.54, 1.807) is 6.20 Å². The Hall–Kier alpha value is -2.42. The quantitative estimate of drug-likeness (QED) is 0.592. The number of rotatable bonds is 7. The highest BCUT2D eigenvalue weighted by atomic mass is 35.5. The van der Waals surface area contributed by atoms with Crippen molar-refractivity contribution in [2.75, 3.05) is 18.0 Å². The fourth-order valence-electron chi connectivity index (χ4n) is 3.66. The van der Waals surface area contributed by atoms with E-state index in [0.29, 0.717) is 35.4 Å². The molecule has 4 rings (SSSR count). The lowest BCUT2D eigenvalue weighted by molar-refractivity contribution is 0.358. The van der Waals surface area contributed by atoms with Gasteiger partial charge in [-0.3, -0.25) is 4.79 Å². The minimum Gasteiger partial charge on any atom is -0.365 e. The van der Waals surface area contributed by atoms with E-state index in [0.717, 1.165) is 31.4 Å². The lowest BCUT2D eigenvalue weighted by atomic mass is 10.1. The number of aryl methyl sites for hydroxylation is 2. The molecule has 1 saturated heterocycles. The molecule has 2 N–H and O–H groups in total. The molecule has 0 bridgehead atoms. The highest BCUT2D eigenvalue weighted by molar-refractivity contribution is 6.33. The van der Waals surface area contributed by atoms with Crippen LogP contribution in [0.25, 0.3) is 0 Å². The number of halogens is 2. The number of hydrogen-bond acceptors (Lipinski definition) is 7. The van der Waals surface area contributed by atoms with Crippen molar-refractivity contribution in [3.05, 3.63) is 68.1 Å². The van der Waals surface area contributed by atoms with Crippen LogP contribution < -0.4 is 16.2 Å². The number of nitrogens with two attached hydrogens (primary N) is 1. The van der Waals surface area contributed by atoms with Gasteiger partial charge in [0.1, 0.15) is 11.6 Å². The summed E-state index contributed by atoms with van der Waals surface area (Å²) in [4.78, 5) is 19.1. The maximum absolute atomic E-state index is 12.7. The summed E-state index contributed by atoms with van der Waals surface area (Å²) in [6.45, 7) is 1.39. The lowest BCUT2D eigenvalue weighted by Gasteiger charge is -2.26. The van der Waals surface area contributed by atoms with Gasteiger partial charge in [-0.1, -0.05) is 40.5 Å². The van der Waals surface area contributed by atoms with Gasteiger partial charge >= 0.3 is 0 Å². The first-order valence-corrected chi connectivity index (χ1v) is 10.6. The molecule has 1 aliphatic heterocycles. The molecule has 2 aromatic heterocycles. The van der Waals surface area contributed by atoms with Crippen molar-refractivity contribution in [2.45, 2.75) is 38.3 Å². The summed E-state index contributed by atoms with van der Waals surface area (Å²) in [5.74, 6) is 0.874. The van der Waals surface area contributed by atoms with E-state index in [9.17, 15) is 4.79 Å². The van der Waals surface area contributed by atoms with E-state index in [1.807, 2.05) is 24.3 Å². The third-order valence-corrected chi connectivity index (χ3v) is 5.88. The smallest absolute Gasteiger partial charge is 0.288 e. The van der Waals surface area contributed by atoms with Gasteiger partial charge in [0, 0.05) is 30.6 Å². The van der Waals surface area contributed by atoms with Gasteiger partial charge in [0.05, 0.1) is 11.9 Å². The average Bonchev–Trinajstić information content (AvgIpc) is 3.40. The van der Waals surface area contributed by atoms with Crippen LogP contribution in [0.5, 0.6) is 0 Å². The Morgan fingerprint density at radius 2 is 2.00 bits per heavy atom. The molecule has 1 fully saturated rings. The van der Waals surface area contributed by atoms with Crippen LogP contribution in [0.3, 0.4) is 0 Å². The van der Waals surface area contributed by atoms with E-state index in [-0.39, 0.29) is 17.6 Å². The SMILES string of the molecule is NC[C@@H]1CCCN1c1cnn(Cc2nc(CCc3ccc(Cl)cc3)no2)c(=O)c1Cl. The first-order valence-electron chi connectivity index (χ1n) is 9.83. The Bertz CT molecular complexity index is 1070. The van der Waals surface area contributed by atoms with Crippen molar-refractivity contribution >= 4 is 28.9 Å². The normalized spacial score (nSPS) is 16.4. The molecule has 0 saturated carbocycles. The van der Waals surface area contributed by atoms with E-state index in [4.69, 9.17) is 33.5 Å². The number of anilines is 1. The second kappa shape index (κ2) is 9.16. The Morgan fingerprint density at radius 1 is 1.20 bits per heavy atom. The molecule has 8 nitrogen and oxygen atoms in total. The van der Waals surface area contributed by atoms with E-state index < -0.39 is 5.56 Å². The number of aromatic nitrogens is 4. The predicted molar refractivity (Wildman–Crippen MR) is 115 cm³/mol. The minimum absolute atomic E-state index is 0.0626. The van der Waals surface area contributed by atoms with Gasteiger partial charge in [-0.15, -0.1) is 0 Å². The predicted octanol–water partition coefficient (Wildman–Crippen LogP) is 2.69. The molecule has 0 unspecified atom stereocenters. The van der Waals surface area contributed by atoms with Crippen LogP contribution in [0.4, 0.5) is 5.69 Å². The van der Waals surface area contributed by atoms with Crippen LogP contribution in [-0.2, 0) is 19.4 Å². The summed E-state index contributed by atoms with van der Waals surface area (Å²) in [7, 11) is 0. The molecular weight excluding hydrogens is 427 g/mol. The summed E-state index contributed by atoms with van der Waals surface area (Å²) in [5.41, 5.74) is 7.19. The standard InChI is InChI=1S/C20H22Cl2N6O2/c21-14-6-3-13(4-7-14)5-8-17-25-18(30-26-17)12-28-20(29)19(22)16(11-24-28)27-9-1-2-15(27)10-23/h3-4,6-7,11,15H,1-2,5,8-10,12,23H2/t15-/m0/s1. The van der Waals surface area contributed by atoms with E-state index in [1.165, 1.54) is 4.68 Å². The number of hydrogen-bond donors (Lipinski definition) is 1. The Labute approximate surface area is 183 Å². The Morgan fingerprint density at radius 3 is 2.77 bits per heavy atom. The van der Waals surface area contributed by atoms with Gasteiger partial charge in [-0.2, -0.15) is 10.1 Å². The van der Waals surface area contributed by atoms with Gasteiger partial charge in [0.15, 0.2) is 5.82 Å². The van der Waals surface area contributed by atoms with Gasteiger partial charge in [-0.05, 0) is 37.0 Å². The summed E-state index contributed by atoms with van der Waals surface area (Å²) in [5, 5.41) is 9.08. The second-order valence-corrected chi connectivity index (χ2v) is 8.08. The van der Waals surface area contributed by atoms with Gasteiger partial charge < -0.3 is 15.2 Å². The van der Waals surface area contributed by atoms with Gasteiger partial charge in [-0.25, -0.2) is 4.68 Å². The summed E-state index contributed by atoms with van der Waals surface area (Å²) < 4.78 is 6.52. The fraction of sp³-hybridized carbons (Fsp3) is 0.400. The van der Waals surface area contributed by atoms with Gasteiger partial charge in [0.2, 0.25) is 5.89 Å². The molecule has 0 aliphatic carbocycles. The van der Waals surface area contributed by atoms with Crippen LogP contribution in [0.1, 0.15) is 30.1 Å². The molecule has 0 amide bonds. The minimum atomic E-state index is -0.391. The average molecular weight is 449 g/mol. The second-order valence-electron chi connectivity index (χ2n) is 7.26. The largest absolute Gasteiger partial charge is 0.365 e. The Kier molecular flexibility index (Phi) is 6.36. The van der Waals surface area contributed by atoms with Crippen LogP contribution in [0.15, 0.2) is 39.8 Å². The highest BCUT2D eigenvalue weighted by Gasteiger charge is 2.27. The van der Waals surface area contributed by atoms with E-state index in [2.05, 4.69) is 20.1 Å². The van der Waals surface area contributed by atoms with Crippen molar-refractivity contribution in [1.82, 2.24) is 19.9 Å². The summed E-state index contributed by atoms with van der Waals surface area (Å²) >= 11 is 12.3.